The maximum absolute atomic E-state index is 12.4. The summed E-state index contributed by atoms with van der Waals surface area (Å²) < 4.78 is 0. The van der Waals surface area contributed by atoms with E-state index in [1.54, 1.807) is 30.5 Å². The van der Waals surface area contributed by atoms with Crippen molar-refractivity contribution in [2.75, 3.05) is 0 Å². The van der Waals surface area contributed by atoms with Crippen molar-refractivity contribution in [3.8, 4) is 0 Å². The van der Waals surface area contributed by atoms with Crippen LogP contribution in [0.1, 0.15) is 64.9 Å². The van der Waals surface area contributed by atoms with Crippen LogP contribution in [0.15, 0.2) is 48.7 Å². The number of pyridine rings is 1. The van der Waals surface area contributed by atoms with Crippen LogP contribution in [0.4, 0.5) is 0 Å². The van der Waals surface area contributed by atoms with E-state index in [9.17, 15) is 9.59 Å². The second-order valence-corrected chi connectivity index (χ2v) is 6.74. The van der Waals surface area contributed by atoms with Gasteiger partial charge in [-0.2, -0.15) is 0 Å². The Bertz CT molecular complexity index is 721. The molecule has 0 radical (unpaired) electrons. The molecule has 5 nitrogen and oxygen atoms in total. The van der Waals surface area contributed by atoms with Gasteiger partial charge in [0.2, 0.25) is 0 Å². The summed E-state index contributed by atoms with van der Waals surface area (Å²) in [6.45, 7) is 0.379. The van der Waals surface area contributed by atoms with E-state index in [1.165, 1.54) is 25.7 Å². The number of aromatic nitrogens is 1. The van der Waals surface area contributed by atoms with Gasteiger partial charge >= 0.3 is 0 Å². The largest absolute Gasteiger partial charge is 0.349 e. The molecule has 2 amide bonds. The predicted molar refractivity (Wildman–Crippen MR) is 101 cm³/mol. The van der Waals surface area contributed by atoms with Gasteiger partial charge in [-0.25, -0.2) is 0 Å². The van der Waals surface area contributed by atoms with E-state index < -0.39 is 0 Å². The Morgan fingerprint density at radius 1 is 0.885 bits per heavy atom. The van der Waals surface area contributed by atoms with Crippen LogP contribution in [0.3, 0.4) is 0 Å². The molecule has 1 aliphatic carbocycles. The van der Waals surface area contributed by atoms with Gasteiger partial charge < -0.3 is 10.6 Å². The summed E-state index contributed by atoms with van der Waals surface area (Å²) in [5.74, 6) is -0.233. The fourth-order valence-corrected chi connectivity index (χ4v) is 3.24. The van der Waals surface area contributed by atoms with E-state index in [-0.39, 0.29) is 17.9 Å². The summed E-state index contributed by atoms with van der Waals surface area (Å²) in [5.41, 5.74) is 1.93. The summed E-state index contributed by atoms with van der Waals surface area (Å²) in [7, 11) is 0. The van der Waals surface area contributed by atoms with Gasteiger partial charge in [0, 0.05) is 23.4 Å². The molecular weight excluding hydrogens is 326 g/mol. The fraction of sp³-hybridized carbons (Fsp3) is 0.381. The van der Waals surface area contributed by atoms with Gasteiger partial charge in [0.25, 0.3) is 11.8 Å². The molecule has 0 spiro atoms. The lowest BCUT2D eigenvalue weighted by molar-refractivity contribution is 0.0927. The van der Waals surface area contributed by atoms with Crippen LogP contribution in [0.25, 0.3) is 0 Å². The monoisotopic (exact) mass is 351 g/mol. The molecule has 5 heteroatoms. The third-order valence-corrected chi connectivity index (χ3v) is 4.76. The molecule has 1 aromatic heterocycles. The number of hydrogen-bond acceptors (Lipinski definition) is 3. The van der Waals surface area contributed by atoms with Crippen molar-refractivity contribution in [2.24, 2.45) is 0 Å². The Morgan fingerprint density at radius 2 is 1.54 bits per heavy atom. The van der Waals surface area contributed by atoms with Gasteiger partial charge in [-0.15, -0.1) is 0 Å². The van der Waals surface area contributed by atoms with Crippen molar-refractivity contribution in [3.05, 3.63) is 65.5 Å². The quantitative estimate of drug-likeness (QED) is 0.811. The second-order valence-electron chi connectivity index (χ2n) is 6.74. The molecule has 1 fully saturated rings. The lowest BCUT2D eigenvalue weighted by atomic mass is 10.1. The number of amides is 2. The van der Waals surface area contributed by atoms with Crippen molar-refractivity contribution in [3.63, 3.8) is 0 Å². The van der Waals surface area contributed by atoms with Crippen molar-refractivity contribution in [1.29, 1.82) is 0 Å². The van der Waals surface area contributed by atoms with Gasteiger partial charge in [0.15, 0.2) is 0 Å². The number of nitrogens with one attached hydrogen (secondary N) is 2. The molecular formula is C21H25N3O2. The van der Waals surface area contributed by atoms with Crippen LogP contribution in [-0.2, 0) is 6.54 Å². The number of carbonyl (C=O) groups is 2. The Balaban J connectivity index is 1.53. The van der Waals surface area contributed by atoms with Crippen LogP contribution in [0.5, 0.6) is 0 Å². The maximum Gasteiger partial charge on any atom is 0.251 e. The molecule has 2 N–H and O–H groups in total. The summed E-state index contributed by atoms with van der Waals surface area (Å²) in [6.07, 6.45) is 8.69. The Labute approximate surface area is 154 Å². The van der Waals surface area contributed by atoms with Gasteiger partial charge in [0.05, 0.1) is 12.2 Å². The number of nitrogens with zero attached hydrogens (tertiary/aromatic N) is 1. The minimum atomic E-state index is -0.175. The lowest BCUT2D eigenvalue weighted by Crippen LogP contribution is -2.34. The van der Waals surface area contributed by atoms with Crippen LogP contribution in [0.2, 0.25) is 0 Å². The third-order valence-electron chi connectivity index (χ3n) is 4.76. The van der Waals surface area contributed by atoms with Crippen LogP contribution < -0.4 is 10.6 Å². The summed E-state index contributed by atoms with van der Waals surface area (Å²) in [6, 6.07) is 12.7. The first-order valence-corrected chi connectivity index (χ1v) is 9.31. The minimum absolute atomic E-state index is 0.0580. The summed E-state index contributed by atoms with van der Waals surface area (Å²) >= 11 is 0. The summed E-state index contributed by atoms with van der Waals surface area (Å²) in [4.78, 5) is 28.8. The molecule has 1 saturated carbocycles. The molecule has 26 heavy (non-hydrogen) atoms. The minimum Gasteiger partial charge on any atom is -0.349 e. The molecule has 0 bridgehead atoms. The molecule has 136 valence electrons. The second kappa shape index (κ2) is 9.13. The highest BCUT2D eigenvalue weighted by Crippen LogP contribution is 2.17. The van der Waals surface area contributed by atoms with Gasteiger partial charge in [-0.3, -0.25) is 14.6 Å². The SMILES string of the molecule is O=C(NCc1ccccn1)c1ccc(C(=O)NC2CCCCCC2)cc1. The molecule has 2 aromatic rings. The first kappa shape index (κ1) is 18.1. The molecule has 1 aliphatic rings. The van der Waals surface area contributed by atoms with Gasteiger partial charge in [-0.05, 0) is 49.2 Å². The number of benzene rings is 1. The smallest absolute Gasteiger partial charge is 0.251 e. The number of hydrogen-bond donors (Lipinski definition) is 2. The van der Waals surface area contributed by atoms with E-state index in [1.807, 2.05) is 18.2 Å². The first-order chi connectivity index (χ1) is 12.7. The highest BCUT2D eigenvalue weighted by molar-refractivity contribution is 5.97. The van der Waals surface area contributed by atoms with Crippen molar-refractivity contribution in [2.45, 2.75) is 51.1 Å². The fourth-order valence-electron chi connectivity index (χ4n) is 3.24. The molecule has 0 aliphatic heterocycles. The van der Waals surface area contributed by atoms with Crippen LogP contribution in [0, 0.1) is 0 Å². The molecule has 1 aromatic carbocycles. The molecule has 0 unspecified atom stereocenters. The lowest BCUT2D eigenvalue weighted by Gasteiger charge is -2.16. The predicted octanol–water partition coefficient (Wildman–Crippen LogP) is 3.46. The Kier molecular flexibility index (Phi) is 6.36. The van der Waals surface area contributed by atoms with Crippen LogP contribution in [-0.4, -0.2) is 22.8 Å². The maximum atomic E-state index is 12.4. The third kappa shape index (κ3) is 5.15. The molecule has 0 saturated heterocycles. The standard InChI is InChI=1S/C21H25N3O2/c25-20(23-15-19-9-5-6-14-22-19)16-10-12-17(13-11-16)21(26)24-18-7-3-1-2-4-8-18/h5-6,9-14,18H,1-4,7-8,15H2,(H,23,25)(H,24,26). The van der Waals surface area contributed by atoms with E-state index in [2.05, 4.69) is 15.6 Å². The first-order valence-electron chi connectivity index (χ1n) is 9.31. The zero-order valence-electron chi connectivity index (χ0n) is 14.9. The highest BCUT2D eigenvalue weighted by atomic mass is 16.2. The topological polar surface area (TPSA) is 71.1 Å². The average Bonchev–Trinajstić information content (AvgIpc) is 2.95. The van der Waals surface area contributed by atoms with Crippen molar-refractivity contribution in [1.82, 2.24) is 15.6 Å². The Hall–Kier alpha value is -2.69. The highest BCUT2D eigenvalue weighted by Gasteiger charge is 2.16. The van der Waals surface area contributed by atoms with Gasteiger partial charge in [0.1, 0.15) is 0 Å². The van der Waals surface area contributed by atoms with E-state index in [0.29, 0.717) is 17.7 Å². The number of carbonyl (C=O) groups excluding carboxylic acids is 2. The average molecular weight is 351 g/mol. The Morgan fingerprint density at radius 3 is 2.15 bits per heavy atom. The molecule has 3 rings (SSSR count). The van der Waals surface area contributed by atoms with E-state index >= 15 is 0 Å². The molecule has 1 heterocycles. The van der Waals surface area contributed by atoms with Gasteiger partial charge in [-0.1, -0.05) is 31.7 Å². The van der Waals surface area contributed by atoms with Crippen LogP contribution >= 0.6 is 0 Å². The summed E-state index contributed by atoms with van der Waals surface area (Å²) in [5, 5.41) is 5.96. The van der Waals surface area contributed by atoms with Crippen molar-refractivity contribution >= 4 is 11.8 Å². The number of rotatable bonds is 5. The van der Waals surface area contributed by atoms with E-state index in [4.69, 9.17) is 0 Å². The normalized spacial score (nSPS) is 15.1. The molecule has 0 atom stereocenters. The van der Waals surface area contributed by atoms with E-state index in [0.717, 1.165) is 18.5 Å². The van der Waals surface area contributed by atoms with Crippen molar-refractivity contribution < 1.29 is 9.59 Å². The zero-order valence-corrected chi connectivity index (χ0v) is 14.9. The zero-order chi connectivity index (χ0) is 18.2.